The molecule has 1 unspecified atom stereocenters. The second-order valence-electron chi connectivity index (χ2n) is 10.7. The molecule has 1 heterocycles. The molecular weight excluding hydrogens is 630 g/mol. The van der Waals surface area contributed by atoms with Crippen molar-refractivity contribution in [1.82, 2.24) is 14.6 Å². The van der Waals surface area contributed by atoms with Crippen LogP contribution in [0.2, 0.25) is 0 Å². The first-order valence-corrected chi connectivity index (χ1v) is 16.7. The number of benzene rings is 3. The number of nitrogens with one attached hydrogen (secondary N) is 2. The normalized spacial score (nSPS) is 12.2. The number of hydrogen-bond donors (Lipinski definition) is 2. The third-order valence-electron chi connectivity index (χ3n) is 7.31. The zero-order chi connectivity index (χ0) is 31.1. The molecule has 0 bridgehead atoms. The van der Waals surface area contributed by atoms with Crippen molar-refractivity contribution in [2.24, 2.45) is 5.92 Å². The van der Waals surface area contributed by atoms with E-state index in [-0.39, 0.29) is 22.3 Å². The summed E-state index contributed by atoms with van der Waals surface area (Å²) < 4.78 is 36.1. The van der Waals surface area contributed by atoms with E-state index < -0.39 is 15.9 Å². The minimum Gasteiger partial charge on any atom is -0.496 e. The average molecular weight is 669 g/mol. The maximum atomic E-state index is 13.0. The average Bonchev–Trinajstić information content (AvgIpc) is 3.32. The number of fused-ring (bicyclic) bond motifs is 1. The van der Waals surface area contributed by atoms with Gasteiger partial charge in [0, 0.05) is 52.6 Å². The van der Waals surface area contributed by atoms with Crippen molar-refractivity contribution in [2.75, 3.05) is 13.7 Å². The summed E-state index contributed by atoms with van der Waals surface area (Å²) in [6.07, 6.45) is 5.22. The molecule has 0 aliphatic carbocycles. The van der Waals surface area contributed by atoms with E-state index in [9.17, 15) is 18.0 Å². The number of sulfonamides is 1. The van der Waals surface area contributed by atoms with Gasteiger partial charge in [0.25, 0.3) is 15.9 Å². The van der Waals surface area contributed by atoms with Crippen molar-refractivity contribution < 1.29 is 22.7 Å². The van der Waals surface area contributed by atoms with Crippen molar-refractivity contribution in [1.29, 1.82) is 0 Å². The minimum atomic E-state index is -4.08. The molecule has 1 aromatic heterocycles. The summed E-state index contributed by atoms with van der Waals surface area (Å²) >= 11 is 3.23. The Morgan fingerprint density at radius 3 is 2.47 bits per heavy atom. The van der Waals surface area contributed by atoms with Gasteiger partial charge in [-0.25, -0.2) is 13.1 Å². The van der Waals surface area contributed by atoms with Gasteiger partial charge in [0.05, 0.1) is 7.11 Å². The van der Waals surface area contributed by atoms with Crippen molar-refractivity contribution in [3.8, 4) is 5.75 Å². The van der Waals surface area contributed by atoms with Crippen LogP contribution in [0.3, 0.4) is 0 Å². The fourth-order valence-corrected chi connectivity index (χ4v) is 7.09. The van der Waals surface area contributed by atoms with Gasteiger partial charge >= 0.3 is 0 Å². The van der Waals surface area contributed by atoms with E-state index in [4.69, 9.17) is 4.74 Å². The van der Waals surface area contributed by atoms with E-state index in [0.29, 0.717) is 29.6 Å². The van der Waals surface area contributed by atoms with Gasteiger partial charge in [-0.15, -0.1) is 0 Å². The topological polar surface area (TPSA) is 106 Å². The largest absolute Gasteiger partial charge is 0.496 e. The quantitative estimate of drug-likeness (QED) is 0.176. The molecule has 2 N–H and O–H groups in total. The molecule has 0 spiro atoms. The molecule has 0 saturated heterocycles. The Morgan fingerprint density at radius 2 is 1.77 bits per heavy atom. The number of methoxy groups -OCH3 is 1. The molecule has 0 radical (unpaired) electrons. The van der Waals surface area contributed by atoms with Gasteiger partial charge in [-0.3, -0.25) is 9.59 Å². The van der Waals surface area contributed by atoms with E-state index in [0.717, 1.165) is 47.0 Å². The maximum absolute atomic E-state index is 13.0. The summed E-state index contributed by atoms with van der Waals surface area (Å²) in [5.74, 6) is -0.346. The highest BCUT2D eigenvalue weighted by Crippen LogP contribution is 2.30. The highest BCUT2D eigenvalue weighted by Gasteiger charge is 2.22. The number of amides is 2. The van der Waals surface area contributed by atoms with Crippen LogP contribution >= 0.6 is 15.9 Å². The highest BCUT2D eigenvalue weighted by molar-refractivity contribution is 9.10. The van der Waals surface area contributed by atoms with Gasteiger partial charge in [-0.1, -0.05) is 45.0 Å². The number of nitrogens with zero attached hydrogens (tertiary/aromatic N) is 1. The second kappa shape index (κ2) is 14.2. The smallest absolute Gasteiger partial charge is 0.265 e. The summed E-state index contributed by atoms with van der Waals surface area (Å²) in [7, 11) is -2.55. The number of carbonyl (C=O) groups excluding carboxylic acids is 2. The van der Waals surface area contributed by atoms with Crippen molar-refractivity contribution >= 4 is 48.7 Å². The van der Waals surface area contributed by atoms with Crippen LogP contribution in [0.5, 0.6) is 5.75 Å². The molecule has 8 nitrogen and oxygen atoms in total. The molecular formula is C33H38BrN3O5S. The van der Waals surface area contributed by atoms with Crippen LogP contribution in [0.25, 0.3) is 10.9 Å². The van der Waals surface area contributed by atoms with Gasteiger partial charge in [-0.05, 0) is 88.3 Å². The number of halogens is 1. The predicted molar refractivity (Wildman–Crippen MR) is 173 cm³/mol. The molecule has 0 aliphatic rings. The third kappa shape index (κ3) is 7.67. The van der Waals surface area contributed by atoms with Crippen LogP contribution in [0.15, 0.2) is 76.2 Å². The monoisotopic (exact) mass is 667 g/mol. The molecule has 3 aromatic carbocycles. The highest BCUT2D eigenvalue weighted by atomic mass is 79.9. The molecule has 228 valence electrons. The molecule has 1 atom stereocenters. The Kier molecular flexibility index (Phi) is 10.7. The Balaban J connectivity index is 1.60. The Hall–Kier alpha value is -3.63. The van der Waals surface area contributed by atoms with Crippen molar-refractivity contribution in [3.63, 3.8) is 0 Å². The number of ether oxygens (including phenoxy) is 1. The molecule has 0 aliphatic heterocycles. The van der Waals surface area contributed by atoms with Crippen LogP contribution in [-0.2, 0) is 34.2 Å². The predicted octanol–water partition coefficient (Wildman–Crippen LogP) is 6.24. The summed E-state index contributed by atoms with van der Waals surface area (Å²) in [6.45, 7) is 7.67. The molecule has 10 heteroatoms. The lowest BCUT2D eigenvalue weighted by Crippen LogP contribution is -2.30. The summed E-state index contributed by atoms with van der Waals surface area (Å²) in [5, 5.41) is 4.09. The molecule has 0 fully saturated rings. The third-order valence-corrected chi connectivity index (χ3v) is 9.66. The lowest BCUT2D eigenvalue weighted by Gasteiger charge is -2.13. The maximum Gasteiger partial charge on any atom is 0.265 e. The number of rotatable bonds is 13. The van der Waals surface area contributed by atoms with Crippen LogP contribution in [-0.4, -0.2) is 38.5 Å². The zero-order valence-corrected chi connectivity index (χ0v) is 27.3. The van der Waals surface area contributed by atoms with E-state index >= 15 is 0 Å². The number of aromatic nitrogens is 1. The zero-order valence-electron chi connectivity index (χ0n) is 24.9. The lowest BCUT2D eigenvalue weighted by molar-refractivity contribution is -0.124. The van der Waals surface area contributed by atoms with Gasteiger partial charge in [0.2, 0.25) is 5.91 Å². The van der Waals surface area contributed by atoms with Crippen LogP contribution in [0.4, 0.5) is 0 Å². The Bertz CT molecular complexity index is 1730. The van der Waals surface area contributed by atoms with Gasteiger partial charge in [0.15, 0.2) is 0 Å². The van der Waals surface area contributed by atoms with E-state index in [1.807, 2.05) is 13.8 Å². The fraction of sp³-hybridized carbons (Fsp3) is 0.333. The number of aryl methyl sites for hydroxylation is 1. The first kappa shape index (κ1) is 32.3. The lowest BCUT2D eigenvalue weighted by atomic mass is 9.97. The first-order valence-electron chi connectivity index (χ1n) is 14.4. The van der Waals surface area contributed by atoms with Crippen molar-refractivity contribution in [2.45, 2.75) is 57.9 Å². The van der Waals surface area contributed by atoms with E-state index in [1.54, 1.807) is 36.4 Å². The molecule has 43 heavy (non-hydrogen) atoms. The SMILES string of the molecule is CCCNC(=O)C(C)Cc1ccc2c(c1)c(Cc1ccc(C(=O)NS(=O)(=O)c3ccccc3Br)cc1OC)cn2CCC. The summed E-state index contributed by atoms with van der Waals surface area (Å²) in [6, 6.07) is 17.7. The molecule has 2 amide bonds. The first-order chi connectivity index (χ1) is 20.6. The Morgan fingerprint density at radius 1 is 1.00 bits per heavy atom. The second-order valence-corrected chi connectivity index (χ2v) is 13.2. The molecule has 0 saturated carbocycles. The fourth-order valence-electron chi connectivity index (χ4n) is 5.12. The minimum absolute atomic E-state index is 0.0224. The van der Waals surface area contributed by atoms with Crippen LogP contribution < -0.4 is 14.8 Å². The van der Waals surface area contributed by atoms with Gasteiger partial charge in [-0.2, -0.15) is 0 Å². The van der Waals surface area contributed by atoms with E-state index in [1.165, 1.54) is 13.2 Å². The standard InChI is InChI=1S/C33H38BrN3O5S/c1-5-15-35-32(38)22(3)17-23-11-14-29-27(18-23)26(21-37(29)16-6-2)19-24-12-13-25(20-30(24)42-4)33(39)36-43(40,41)31-10-8-7-9-28(31)34/h7-14,18,20-22H,5-6,15-17,19H2,1-4H3,(H,35,38)(H,36,39). The van der Waals surface area contributed by atoms with E-state index in [2.05, 4.69) is 61.9 Å². The van der Waals surface area contributed by atoms with Crippen LogP contribution in [0, 0.1) is 5.92 Å². The van der Waals surface area contributed by atoms with Crippen molar-refractivity contribution in [3.05, 3.63) is 93.6 Å². The molecule has 4 rings (SSSR count). The molecule has 4 aromatic rings. The Labute approximate surface area is 262 Å². The van der Waals surface area contributed by atoms with Crippen LogP contribution in [0.1, 0.15) is 60.7 Å². The van der Waals surface area contributed by atoms with Gasteiger partial charge in [0.1, 0.15) is 10.6 Å². The summed E-state index contributed by atoms with van der Waals surface area (Å²) in [5.41, 5.74) is 4.34. The van der Waals surface area contributed by atoms with Gasteiger partial charge < -0.3 is 14.6 Å². The summed E-state index contributed by atoms with van der Waals surface area (Å²) in [4.78, 5) is 25.4. The number of carbonyl (C=O) groups is 2. The number of hydrogen-bond acceptors (Lipinski definition) is 5.